The quantitative estimate of drug-likeness (QED) is 0.561. The molecule has 2 aromatic carbocycles. The van der Waals surface area contributed by atoms with Crippen LogP contribution in [0.2, 0.25) is 5.02 Å². The fourth-order valence-corrected chi connectivity index (χ4v) is 3.14. The Hall–Kier alpha value is -2.56. The van der Waals surface area contributed by atoms with Crippen molar-refractivity contribution in [2.45, 2.75) is 13.2 Å². The SMILES string of the molecule is O=C(C=Cc1ccc(OCc2cccc(Cl)c2)cc1)NCc1cccs1. The van der Waals surface area contributed by atoms with Crippen molar-refractivity contribution in [1.29, 1.82) is 0 Å². The second kappa shape index (κ2) is 9.22. The molecule has 0 atom stereocenters. The van der Waals surface area contributed by atoms with Crippen LogP contribution in [0.1, 0.15) is 16.0 Å². The summed E-state index contributed by atoms with van der Waals surface area (Å²) in [5.41, 5.74) is 1.95. The van der Waals surface area contributed by atoms with Crippen LogP contribution < -0.4 is 10.1 Å². The van der Waals surface area contributed by atoms with Crippen LogP contribution in [0.3, 0.4) is 0 Å². The van der Waals surface area contributed by atoms with E-state index < -0.39 is 0 Å². The summed E-state index contributed by atoms with van der Waals surface area (Å²) in [5.74, 6) is 0.656. The molecule has 0 unspecified atom stereocenters. The largest absolute Gasteiger partial charge is 0.489 e. The van der Waals surface area contributed by atoms with E-state index in [2.05, 4.69) is 5.32 Å². The molecule has 3 aromatic rings. The van der Waals surface area contributed by atoms with Gasteiger partial charge in [0.15, 0.2) is 0 Å². The summed E-state index contributed by atoms with van der Waals surface area (Å²) < 4.78 is 5.75. The second-order valence-corrected chi connectivity index (χ2v) is 7.09. The number of amides is 1. The van der Waals surface area contributed by atoms with Gasteiger partial charge in [0.1, 0.15) is 12.4 Å². The van der Waals surface area contributed by atoms with Gasteiger partial charge in [0, 0.05) is 16.0 Å². The van der Waals surface area contributed by atoms with Crippen molar-refractivity contribution >= 4 is 34.9 Å². The minimum absolute atomic E-state index is 0.111. The molecule has 5 heteroatoms. The van der Waals surface area contributed by atoms with Gasteiger partial charge >= 0.3 is 0 Å². The average Bonchev–Trinajstić information content (AvgIpc) is 3.17. The van der Waals surface area contributed by atoms with Crippen LogP contribution in [0, 0.1) is 0 Å². The zero-order valence-electron chi connectivity index (χ0n) is 14.0. The highest BCUT2D eigenvalue weighted by atomic mass is 35.5. The fraction of sp³-hybridized carbons (Fsp3) is 0.0952. The lowest BCUT2D eigenvalue weighted by Gasteiger charge is -2.07. The van der Waals surface area contributed by atoms with Crippen LogP contribution in [0.15, 0.2) is 72.1 Å². The number of rotatable bonds is 7. The first-order valence-electron chi connectivity index (χ1n) is 8.15. The smallest absolute Gasteiger partial charge is 0.244 e. The summed E-state index contributed by atoms with van der Waals surface area (Å²) in [7, 11) is 0. The van der Waals surface area contributed by atoms with Gasteiger partial charge in [-0.1, -0.05) is 41.9 Å². The molecule has 26 heavy (non-hydrogen) atoms. The maximum absolute atomic E-state index is 11.8. The first-order chi connectivity index (χ1) is 12.7. The van der Waals surface area contributed by atoms with Gasteiger partial charge in [0.2, 0.25) is 5.91 Å². The van der Waals surface area contributed by atoms with Crippen molar-refractivity contribution in [2.75, 3.05) is 0 Å². The Bertz CT molecular complexity index is 873. The first kappa shape index (κ1) is 18.2. The van der Waals surface area contributed by atoms with Crippen LogP contribution in [-0.4, -0.2) is 5.91 Å². The molecule has 1 aromatic heterocycles. The Morgan fingerprint density at radius 3 is 2.69 bits per heavy atom. The highest BCUT2D eigenvalue weighted by Gasteiger charge is 1.99. The third kappa shape index (κ3) is 5.76. The molecule has 0 aliphatic heterocycles. The van der Waals surface area contributed by atoms with Crippen LogP contribution >= 0.6 is 22.9 Å². The van der Waals surface area contributed by atoms with Crippen LogP contribution in [0.5, 0.6) is 5.75 Å². The molecule has 0 saturated heterocycles. The normalized spacial score (nSPS) is 10.8. The predicted molar refractivity (Wildman–Crippen MR) is 107 cm³/mol. The highest BCUT2D eigenvalue weighted by molar-refractivity contribution is 7.09. The fourth-order valence-electron chi connectivity index (χ4n) is 2.29. The molecule has 3 rings (SSSR count). The molecule has 1 N–H and O–H groups in total. The summed E-state index contributed by atoms with van der Waals surface area (Å²) in [5, 5.41) is 5.55. The van der Waals surface area contributed by atoms with Gasteiger partial charge in [-0.25, -0.2) is 0 Å². The summed E-state index contributed by atoms with van der Waals surface area (Å²) in [6.07, 6.45) is 3.32. The zero-order chi connectivity index (χ0) is 18.2. The van der Waals surface area contributed by atoms with Crippen LogP contribution in [0.4, 0.5) is 0 Å². The Morgan fingerprint density at radius 2 is 1.96 bits per heavy atom. The van der Waals surface area contributed by atoms with Gasteiger partial charge in [-0.05, 0) is 52.9 Å². The van der Waals surface area contributed by atoms with Crippen molar-refractivity contribution in [2.24, 2.45) is 0 Å². The summed E-state index contributed by atoms with van der Waals surface area (Å²) in [6, 6.07) is 19.1. The zero-order valence-corrected chi connectivity index (χ0v) is 15.6. The number of carbonyl (C=O) groups is 1. The number of benzene rings is 2. The molecular formula is C21H18ClNO2S. The number of carbonyl (C=O) groups excluding carboxylic acids is 1. The molecule has 0 spiro atoms. The molecule has 3 nitrogen and oxygen atoms in total. The van der Waals surface area contributed by atoms with E-state index in [1.54, 1.807) is 17.4 Å². The lowest BCUT2D eigenvalue weighted by Crippen LogP contribution is -2.19. The van der Waals surface area contributed by atoms with E-state index in [1.807, 2.05) is 66.0 Å². The third-order valence-electron chi connectivity index (χ3n) is 3.62. The molecule has 0 radical (unpaired) electrons. The monoisotopic (exact) mass is 383 g/mol. The highest BCUT2D eigenvalue weighted by Crippen LogP contribution is 2.17. The second-order valence-electron chi connectivity index (χ2n) is 5.62. The molecule has 1 heterocycles. The van der Waals surface area contributed by atoms with Gasteiger partial charge in [-0.2, -0.15) is 0 Å². The average molecular weight is 384 g/mol. The Kier molecular flexibility index (Phi) is 6.47. The molecule has 132 valence electrons. The van der Waals surface area contributed by atoms with Crippen LogP contribution in [0.25, 0.3) is 6.08 Å². The van der Waals surface area contributed by atoms with Crippen molar-refractivity contribution in [3.63, 3.8) is 0 Å². The lowest BCUT2D eigenvalue weighted by atomic mass is 10.2. The number of halogens is 1. The van der Waals surface area contributed by atoms with E-state index in [-0.39, 0.29) is 5.91 Å². The molecule has 0 bridgehead atoms. The first-order valence-corrected chi connectivity index (χ1v) is 9.40. The predicted octanol–water partition coefficient (Wildman–Crippen LogP) is 5.31. The minimum Gasteiger partial charge on any atom is -0.489 e. The van der Waals surface area contributed by atoms with Crippen LogP contribution in [-0.2, 0) is 17.9 Å². The van der Waals surface area contributed by atoms with Gasteiger partial charge < -0.3 is 10.1 Å². The Labute approximate surface area is 161 Å². The molecular weight excluding hydrogens is 366 g/mol. The number of nitrogens with one attached hydrogen (secondary N) is 1. The van der Waals surface area contributed by atoms with Crippen molar-refractivity contribution < 1.29 is 9.53 Å². The maximum Gasteiger partial charge on any atom is 0.244 e. The van der Waals surface area contributed by atoms with Crippen molar-refractivity contribution in [1.82, 2.24) is 5.32 Å². The van der Waals surface area contributed by atoms with Gasteiger partial charge in [0.25, 0.3) is 0 Å². The summed E-state index contributed by atoms with van der Waals surface area (Å²) in [4.78, 5) is 13.0. The summed E-state index contributed by atoms with van der Waals surface area (Å²) >= 11 is 7.59. The minimum atomic E-state index is -0.111. The number of hydrogen-bond donors (Lipinski definition) is 1. The third-order valence-corrected chi connectivity index (χ3v) is 4.73. The molecule has 1 amide bonds. The van der Waals surface area contributed by atoms with Crippen molar-refractivity contribution in [3.05, 3.63) is 93.1 Å². The summed E-state index contributed by atoms with van der Waals surface area (Å²) in [6.45, 7) is 1.01. The number of thiophene rings is 1. The molecule has 0 aliphatic carbocycles. The Morgan fingerprint density at radius 1 is 1.12 bits per heavy atom. The van der Waals surface area contributed by atoms with Gasteiger partial charge in [0.05, 0.1) is 6.54 Å². The van der Waals surface area contributed by atoms with E-state index in [0.717, 1.165) is 21.8 Å². The van der Waals surface area contributed by atoms with E-state index in [4.69, 9.17) is 16.3 Å². The van der Waals surface area contributed by atoms with E-state index >= 15 is 0 Å². The van der Waals surface area contributed by atoms with E-state index in [1.165, 1.54) is 6.08 Å². The topological polar surface area (TPSA) is 38.3 Å². The maximum atomic E-state index is 11.8. The van der Waals surface area contributed by atoms with Gasteiger partial charge in [-0.3, -0.25) is 4.79 Å². The number of hydrogen-bond acceptors (Lipinski definition) is 3. The standard InChI is InChI=1S/C21H18ClNO2S/c22-18-4-1-3-17(13-18)15-25-19-9-6-16(7-10-19)8-11-21(24)23-14-20-5-2-12-26-20/h1-13H,14-15H2,(H,23,24). The Balaban J connectivity index is 1.48. The number of ether oxygens (including phenoxy) is 1. The molecule has 0 saturated carbocycles. The molecule has 0 fully saturated rings. The van der Waals surface area contributed by atoms with E-state index in [0.29, 0.717) is 18.2 Å². The van der Waals surface area contributed by atoms with Crippen molar-refractivity contribution in [3.8, 4) is 5.75 Å². The van der Waals surface area contributed by atoms with E-state index in [9.17, 15) is 4.79 Å². The van der Waals surface area contributed by atoms with Gasteiger partial charge in [-0.15, -0.1) is 11.3 Å². The lowest BCUT2D eigenvalue weighted by molar-refractivity contribution is -0.116. The molecule has 0 aliphatic rings.